The van der Waals surface area contributed by atoms with E-state index >= 15 is 0 Å². The van der Waals surface area contributed by atoms with Crippen molar-refractivity contribution in [1.29, 1.82) is 0 Å². The quantitative estimate of drug-likeness (QED) is 0.731. The van der Waals surface area contributed by atoms with E-state index in [-0.39, 0.29) is 5.78 Å². The fourth-order valence-corrected chi connectivity index (χ4v) is 1.31. The highest BCUT2D eigenvalue weighted by molar-refractivity contribution is 7.81. The average Bonchev–Trinajstić information content (AvgIpc) is 2.11. The summed E-state index contributed by atoms with van der Waals surface area (Å²) in [6.07, 6.45) is 0.505. The second kappa shape index (κ2) is 4.47. The molecular formula is C11H14OS. The normalized spacial score (nSPS) is 10.1. The fourth-order valence-electron chi connectivity index (χ4n) is 1.20. The molecule has 1 rings (SSSR count). The van der Waals surface area contributed by atoms with E-state index in [0.29, 0.717) is 12.2 Å². The van der Waals surface area contributed by atoms with Crippen LogP contribution >= 0.6 is 12.6 Å². The molecule has 0 heterocycles. The third-order valence-corrected chi connectivity index (χ3v) is 2.50. The van der Waals surface area contributed by atoms with Crippen molar-refractivity contribution in [3.8, 4) is 0 Å². The van der Waals surface area contributed by atoms with Crippen LogP contribution < -0.4 is 0 Å². The largest absolute Gasteiger partial charge is 0.298 e. The first kappa shape index (κ1) is 10.3. The zero-order valence-electron chi connectivity index (χ0n) is 8.00. The van der Waals surface area contributed by atoms with Gasteiger partial charge in [0.2, 0.25) is 0 Å². The molecule has 1 aromatic rings. The topological polar surface area (TPSA) is 17.1 Å². The highest BCUT2D eigenvalue weighted by atomic mass is 32.1. The van der Waals surface area contributed by atoms with Crippen molar-refractivity contribution < 1.29 is 4.79 Å². The number of carbonyl (C=O) groups is 1. The molecule has 0 bridgehead atoms. The van der Waals surface area contributed by atoms with Crippen LogP contribution in [-0.4, -0.2) is 11.5 Å². The highest BCUT2D eigenvalue weighted by Crippen LogP contribution is 2.10. The molecule has 0 radical (unpaired) electrons. The molecular weight excluding hydrogens is 180 g/mol. The van der Waals surface area contributed by atoms with E-state index < -0.39 is 0 Å². The van der Waals surface area contributed by atoms with Crippen LogP contribution in [0.25, 0.3) is 0 Å². The molecule has 0 saturated carbocycles. The number of ketones is 1. The number of hydrogen-bond donors (Lipinski definition) is 1. The van der Waals surface area contributed by atoms with Gasteiger partial charge in [0.1, 0.15) is 5.78 Å². The Morgan fingerprint density at radius 3 is 2.54 bits per heavy atom. The van der Waals surface area contributed by atoms with Gasteiger partial charge in [-0.3, -0.25) is 4.79 Å². The zero-order chi connectivity index (χ0) is 9.84. The Balaban J connectivity index is 2.79. The lowest BCUT2D eigenvalue weighted by atomic mass is 10.0. The van der Waals surface area contributed by atoms with Crippen LogP contribution in [0, 0.1) is 13.8 Å². The van der Waals surface area contributed by atoms with Crippen molar-refractivity contribution >= 4 is 18.4 Å². The molecule has 13 heavy (non-hydrogen) atoms. The van der Waals surface area contributed by atoms with Crippen LogP contribution in [0.5, 0.6) is 0 Å². The van der Waals surface area contributed by atoms with Crippen molar-refractivity contribution in [1.82, 2.24) is 0 Å². The van der Waals surface area contributed by atoms with E-state index in [2.05, 4.69) is 38.6 Å². The molecule has 0 aliphatic heterocycles. The summed E-state index contributed by atoms with van der Waals surface area (Å²) in [6.45, 7) is 4.13. The molecule has 0 N–H and O–H groups in total. The van der Waals surface area contributed by atoms with Crippen LogP contribution in [0.15, 0.2) is 18.2 Å². The molecule has 0 aliphatic carbocycles. The summed E-state index contributed by atoms with van der Waals surface area (Å²) in [5, 5.41) is 0. The number of aryl methyl sites for hydroxylation is 2. The van der Waals surface area contributed by atoms with Gasteiger partial charge in [-0.25, -0.2) is 0 Å². The lowest BCUT2D eigenvalue weighted by molar-refractivity contribution is -0.115. The SMILES string of the molecule is Cc1ccc(CC(=O)CS)cc1C. The summed E-state index contributed by atoms with van der Waals surface area (Å²) in [5.41, 5.74) is 3.59. The third-order valence-electron chi connectivity index (χ3n) is 2.15. The van der Waals surface area contributed by atoms with Gasteiger partial charge >= 0.3 is 0 Å². The fraction of sp³-hybridized carbons (Fsp3) is 0.364. The number of thiol groups is 1. The molecule has 0 unspecified atom stereocenters. The van der Waals surface area contributed by atoms with E-state index in [1.807, 2.05) is 6.07 Å². The lowest BCUT2D eigenvalue weighted by Gasteiger charge is -2.03. The molecule has 2 heteroatoms. The van der Waals surface area contributed by atoms with Crippen molar-refractivity contribution in [3.63, 3.8) is 0 Å². The second-order valence-electron chi connectivity index (χ2n) is 3.29. The third kappa shape index (κ3) is 2.88. The minimum Gasteiger partial charge on any atom is -0.298 e. The van der Waals surface area contributed by atoms with Gasteiger partial charge in [-0.15, -0.1) is 0 Å². The van der Waals surface area contributed by atoms with Gasteiger partial charge in [0.25, 0.3) is 0 Å². The summed E-state index contributed by atoms with van der Waals surface area (Å²) in [5.74, 6) is 0.499. The van der Waals surface area contributed by atoms with Crippen molar-refractivity contribution in [2.75, 3.05) is 5.75 Å². The molecule has 1 nitrogen and oxygen atoms in total. The minimum absolute atomic E-state index is 0.173. The maximum Gasteiger partial charge on any atom is 0.146 e. The first-order valence-corrected chi connectivity index (χ1v) is 4.95. The lowest BCUT2D eigenvalue weighted by Crippen LogP contribution is -2.04. The second-order valence-corrected chi connectivity index (χ2v) is 3.61. The van der Waals surface area contributed by atoms with Gasteiger partial charge in [0.05, 0.1) is 0 Å². The van der Waals surface area contributed by atoms with E-state index in [1.54, 1.807) is 0 Å². The molecule has 0 aromatic heterocycles. The molecule has 70 valence electrons. The van der Waals surface area contributed by atoms with Crippen molar-refractivity contribution in [2.45, 2.75) is 20.3 Å². The van der Waals surface area contributed by atoms with Crippen LogP contribution in [0.4, 0.5) is 0 Å². The molecule has 0 atom stereocenters. The molecule has 0 fully saturated rings. The number of benzene rings is 1. The first-order chi connectivity index (χ1) is 6.13. The summed E-state index contributed by atoms with van der Waals surface area (Å²) in [4.78, 5) is 11.1. The summed E-state index contributed by atoms with van der Waals surface area (Å²) < 4.78 is 0. The molecule has 1 aromatic carbocycles. The highest BCUT2D eigenvalue weighted by Gasteiger charge is 2.01. The Kier molecular flexibility index (Phi) is 3.55. The van der Waals surface area contributed by atoms with Crippen LogP contribution in [-0.2, 0) is 11.2 Å². The van der Waals surface area contributed by atoms with Gasteiger partial charge in [0, 0.05) is 12.2 Å². The summed E-state index contributed by atoms with van der Waals surface area (Å²) in [6, 6.07) is 6.12. The number of carbonyl (C=O) groups excluding carboxylic acids is 1. The Labute approximate surface area is 84.6 Å². The van der Waals surface area contributed by atoms with E-state index in [9.17, 15) is 4.79 Å². The van der Waals surface area contributed by atoms with Gasteiger partial charge in [0.15, 0.2) is 0 Å². The van der Waals surface area contributed by atoms with E-state index in [1.165, 1.54) is 11.1 Å². The maximum absolute atomic E-state index is 11.1. The van der Waals surface area contributed by atoms with Crippen LogP contribution in [0.3, 0.4) is 0 Å². The van der Waals surface area contributed by atoms with Gasteiger partial charge in [-0.05, 0) is 30.5 Å². The predicted molar refractivity (Wildman–Crippen MR) is 58.5 cm³/mol. The Morgan fingerprint density at radius 1 is 1.31 bits per heavy atom. The van der Waals surface area contributed by atoms with Crippen LogP contribution in [0.2, 0.25) is 0 Å². The first-order valence-electron chi connectivity index (χ1n) is 4.32. The summed E-state index contributed by atoms with van der Waals surface area (Å²) >= 11 is 3.94. The van der Waals surface area contributed by atoms with E-state index in [4.69, 9.17) is 0 Å². The monoisotopic (exact) mass is 194 g/mol. The van der Waals surface area contributed by atoms with Crippen molar-refractivity contribution in [3.05, 3.63) is 34.9 Å². The molecule has 0 spiro atoms. The van der Waals surface area contributed by atoms with Gasteiger partial charge < -0.3 is 0 Å². The average molecular weight is 194 g/mol. The number of Topliss-reactive ketones (excluding diaryl/α,β-unsaturated/α-hetero) is 1. The van der Waals surface area contributed by atoms with Gasteiger partial charge in [-0.1, -0.05) is 18.2 Å². The smallest absolute Gasteiger partial charge is 0.146 e. The van der Waals surface area contributed by atoms with Crippen molar-refractivity contribution in [2.24, 2.45) is 0 Å². The minimum atomic E-state index is 0.173. The summed E-state index contributed by atoms with van der Waals surface area (Å²) in [7, 11) is 0. The standard InChI is InChI=1S/C11H14OS/c1-8-3-4-10(5-9(8)2)6-11(12)7-13/h3-5,13H,6-7H2,1-2H3. The number of rotatable bonds is 3. The molecule has 0 amide bonds. The maximum atomic E-state index is 11.1. The predicted octanol–water partition coefficient (Wildman–Crippen LogP) is 2.34. The Bertz CT molecular complexity index is 318. The zero-order valence-corrected chi connectivity index (χ0v) is 8.90. The van der Waals surface area contributed by atoms with E-state index in [0.717, 1.165) is 5.56 Å². The molecule has 0 aliphatic rings. The van der Waals surface area contributed by atoms with Gasteiger partial charge in [-0.2, -0.15) is 12.6 Å². The number of hydrogen-bond acceptors (Lipinski definition) is 2. The van der Waals surface area contributed by atoms with Crippen LogP contribution in [0.1, 0.15) is 16.7 Å². The Hall–Kier alpha value is -0.760. The Morgan fingerprint density at radius 2 is 2.00 bits per heavy atom. The molecule has 0 saturated heterocycles.